The Morgan fingerprint density at radius 3 is 2.24 bits per heavy atom. The summed E-state index contributed by atoms with van der Waals surface area (Å²) < 4.78 is 12.8. The molecule has 238 valence electrons. The SMILES string of the molecule is C1=CC(c2ccccc2)CC=C1N(c1ccc2oc3ccccc3c2c1)c1ccccc1-c1cccc2oc3c(c12)C=c1ccccc1=CC3. The fourth-order valence-electron chi connectivity index (χ4n) is 7.84. The van der Waals surface area contributed by atoms with Gasteiger partial charge in [-0.3, -0.25) is 0 Å². The van der Waals surface area contributed by atoms with Crippen LogP contribution in [0.5, 0.6) is 0 Å². The van der Waals surface area contributed by atoms with Crippen LogP contribution >= 0.6 is 0 Å². The molecule has 0 amide bonds. The highest BCUT2D eigenvalue weighted by Gasteiger charge is 2.24. The second-order valence-corrected chi connectivity index (χ2v) is 13.2. The van der Waals surface area contributed by atoms with Crippen molar-refractivity contribution in [1.82, 2.24) is 0 Å². The smallest absolute Gasteiger partial charge is 0.135 e. The van der Waals surface area contributed by atoms with E-state index in [4.69, 9.17) is 8.83 Å². The highest BCUT2D eigenvalue weighted by molar-refractivity contribution is 6.07. The van der Waals surface area contributed by atoms with Crippen LogP contribution in [0.4, 0.5) is 11.4 Å². The molecule has 0 N–H and O–H groups in total. The summed E-state index contributed by atoms with van der Waals surface area (Å²) in [5.41, 5.74) is 10.8. The molecule has 6 aromatic carbocycles. The quantitative estimate of drug-likeness (QED) is 0.187. The van der Waals surface area contributed by atoms with E-state index in [1.807, 2.05) is 12.1 Å². The van der Waals surface area contributed by atoms with Crippen molar-refractivity contribution < 1.29 is 8.83 Å². The molecule has 2 heterocycles. The molecule has 0 radical (unpaired) electrons. The maximum absolute atomic E-state index is 6.59. The number of benzene rings is 6. The molecule has 0 fully saturated rings. The number of nitrogens with zero attached hydrogens (tertiary/aromatic N) is 1. The molecule has 3 heteroatoms. The summed E-state index contributed by atoms with van der Waals surface area (Å²) in [6.07, 6.45) is 13.3. The van der Waals surface area contributed by atoms with E-state index in [0.717, 1.165) is 85.3 Å². The van der Waals surface area contributed by atoms with E-state index in [9.17, 15) is 0 Å². The van der Waals surface area contributed by atoms with Crippen LogP contribution in [0.25, 0.3) is 56.2 Å². The van der Waals surface area contributed by atoms with Crippen LogP contribution in [-0.2, 0) is 6.42 Å². The molecular formula is C47H33NO2. The number of furan rings is 2. The maximum Gasteiger partial charge on any atom is 0.135 e. The van der Waals surface area contributed by atoms with Gasteiger partial charge in [-0.1, -0.05) is 121 Å². The number of rotatable bonds is 5. The molecule has 2 aliphatic rings. The van der Waals surface area contributed by atoms with Crippen LogP contribution in [0.3, 0.4) is 0 Å². The third-order valence-corrected chi connectivity index (χ3v) is 10.3. The lowest BCUT2D eigenvalue weighted by Gasteiger charge is -2.31. The number of hydrogen-bond donors (Lipinski definition) is 0. The Hall–Kier alpha value is -6.32. The predicted molar refractivity (Wildman–Crippen MR) is 206 cm³/mol. The number of allylic oxidation sites excluding steroid dienone is 3. The van der Waals surface area contributed by atoms with Crippen LogP contribution in [0, 0.1) is 0 Å². The van der Waals surface area contributed by atoms with Gasteiger partial charge >= 0.3 is 0 Å². The van der Waals surface area contributed by atoms with E-state index in [1.54, 1.807) is 0 Å². The summed E-state index contributed by atoms with van der Waals surface area (Å²) in [7, 11) is 0. The van der Waals surface area contributed by atoms with Gasteiger partial charge < -0.3 is 13.7 Å². The Labute approximate surface area is 290 Å². The van der Waals surface area contributed by atoms with Gasteiger partial charge in [0.1, 0.15) is 22.5 Å². The molecular weight excluding hydrogens is 611 g/mol. The Morgan fingerprint density at radius 1 is 0.580 bits per heavy atom. The molecule has 0 aliphatic heterocycles. The summed E-state index contributed by atoms with van der Waals surface area (Å²) in [5.74, 6) is 1.34. The molecule has 3 nitrogen and oxygen atoms in total. The van der Waals surface area contributed by atoms with Crippen LogP contribution < -0.4 is 15.3 Å². The lowest BCUT2D eigenvalue weighted by atomic mass is 9.91. The van der Waals surface area contributed by atoms with Crippen molar-refractivity contribution in [2.45, 2.75) is 18.8 Å². The van der Waals surface area contributed by atoms with E-state index in [2.05, 4.69) is 163 Å². The lowest BCUT2D eigenvalue weighted by Crippen LogP contribution is -2.22. The molecule has 2 aliphatic carbocycles. The van der Waals surface area contributed by atoms with Crippen molar-refractivity contribution >= 4 is 56.4 Å². The van der Waals surface area contributed by atoms with Gasteiger partial charge in [0.25, 0.3) is 0 Å². The van der Waals surface area contributed by atoms with E-state index < -0.39 is 0 Å². The van der Waals surface area contributed by atoms with Gasteiger partial charge in [-0.05, 0) is 76.5 Å². The molecule has 0 bridgehead atoms. The summed E-state index contributed by atoms with van der Waals surface area (Å²) >= 11 is 0. The second-order valence-electron chi connectivity index (χ2n) is 13.2. The number of anilines is 2. The zero-order chi connectivity index (χ0) is 33.0. The molecule has 2 aromatic heterocycles. The normalized spacial score (nSPS) is 15.2. The van der Waals surface area contributed by atoms with Crippen LogP contribution in [-0.4, -0.2) is 0 Å². The number of para-hydroxylation sites is 2. The second kappa shape index (κ2) is 11.7. The zero-order valence-electron chi connectivity index (χ0n) is 27.4. The standard InChI is InChI=1S/C47H33NO2/c1-2-11-31(12-3-1)33-21-24-35(25-22-33)48(36-26-28-44-40(30-36)38-16-7-9-19-43(38)49-44)42-18-8-6-15-37(42)39-17-10-20-46-47(39)41-29-34-14-5-4-13-32(34)23-27-45(41)50-46/h1-21,23-26,28-30,33H,22,27H2. The van der Waals surface area contributed by atoms with Gasteiger partial charge in [-0.2, -0.15) is 0 Å². The Balaban J connectivity index is 1.18. The molecule has 0 saturated heterocycles. The third-order valence-electron chi connectivity index (χ3n) is 10.3. The fourth-order valence-corrected chi connectivity index (χ4v) is 7.84. The van der Waals surface area contributed by atoms with Crippen molar-refractivity contribution in [1.29, 1.82) is 0 Å². The van der Waals surface area contributed by atoms with Gasteiger partial charge in [0.05, 0.1) is 5.69 Å². The lowest BCUT2D eigenvalue weighted by molar-refractivity contribution is 0.568. The van der Waals surface area contributed by atoms with Gasteiger partial charge in [0, 0.05) is 51.0 Å². The minimum absolute atomic E-state index is 0.336. The monoisotopic (exact) mass is 643 g/mol. The summed E-state index contributed by atoms with van der Waals surface area (Å²) in [4.78, 5) is 2.42. The maximum atomic E-state index is 6.59. The summed E-state index contributed by atoms with van der Waals surface area (Å²) in [6.45, 7) is 0. The molecule has 8 aromatic rings. The third kappa shape index (κ3) is 4.74. The average molecular weight is 644 g/mol. The molecule has 10 rings (SSSR count). The number of hydrogen-bond acceptors (Lipinski definition) is 3. The van der Waals surface area contributed by atoms with E-state index >= 15 is 0 Å². The predicted octanol–water partition coefficient (Wildman–Crippen LogP) is 10.9. The van der Waals surface area contributed by atoms with Gasteiger partial charge in [0.15, 0.2) is 0 Å². The van der Waals surface area contributed by atoms with Crippen molar-refractivity contribution in [3.63, 3.8) is 0 Å². The molecule has 0 spiro atoms. The number of fused-ring (bicyclic) bond motifs is 7. The molecule has 50 heavy (non-hydrogen) atoms. The molecule has 1 atom stereocenters. The summed E-state index contributed by atoms with van der Waals surface area (Å²) in [6, 6.07) is 49.5. The van der Waals surface area contributed by atoms with E-state index in [1.165, 1.54) is 16.0 Å². The van der Waals surface area contributed by atoms with Crippen molar-refractivity contribution in [2.24, 2.45) is 0 Å². The van der Waals surface area contributed by atoms with Crippen molar-refractivity contribution in [3.8, 4) is 11.1 Å². The first-order valence-corrected chi connectivity index (χ1v) is 17.3. The van der Waals surface area contributed by atoms with Crippen LogP contribution in [0.1, 0.15) is 29.2 Å². The first-order chi connectivity index (χ1) is 24.8. The largest absolute Gasteiger partial charge is 0.460 e. The topological polar surface area (TPSA) is 29.5 Å². The van der Waals surface area contributed by atoms with Gasteiger partial charge in [-0.25, -0.2) is 0 Å². The van der Waals surface area contributed by atoms with E-state index in [-0.39, 0.29) is 0 Å². The van der Waals surface area contributed by atoms with Crippen LogP contribution in [0.15, 0.2) is 172 Å². The van der Waals surface area contributed by atoms with Crippen molar-refractivity contribution in [2.75, 3.05) is 4.90 Å². The molecule has 0 saturated carbocycles. The Bertz CT molecular complexity index is 2780. The zero-order valence-corrected chi connectivity index (χ0v) is 27.4. The Kier molecular flexibility index (Phi) is 6.70. The average Bonchev–Trinajstić information content (AvgIpc) is 3.67. The Morgan fingerprint density at radius 2 is 1.34 bits per heavy atom. The van der Waals surface area contributed by atoms with Gasteiger partial charge in [-0.15, -0.1) is 0 Å². The molecule has 1 unspecified atom stereocenters. The first-order valence-electron chi connectivity index (χ1n) is 17.3. The van der Waals surface area contributed by atoms with Gasteiger partial charge in [0.2, 0.25) is 0 Å². The summed E-state index contributed by atoms with van der Waals surface area (Å²) in [5, 5.41) is 5.82. The van der Waals surface area contributed by atoms with Crippen LogP contribution in [0.2, 0.25) is 0 Å². The van der Waals surface area contributed by atoms with Crippen molar-refractivity contribution in [3.05, 3.63) is 191 Å². The minimum atomic E-state index is 0.336. The highest BCUT2D eigenvalue weighted by Crippen LogP contribution is 2.45. The van der Waals surface area contributed by atoms with E-state index in [0.29, 0.717) is 5.92 Å². The minimum Gasteiger partial charge on any atom is -0.460 e. The fraction of sp³-hybridized carbons (Fsp3) is 0.0638. The first kappa shape index (κ1) is 28.7. The highest BCUT2D eigenvalue weighted by atomic mass is 16.3.